The Kier molecular flexibility index (Phi) is 2.58. The quantitative estimate of drug-likeness (QED) is 0.645. The van der Waals surface area contributed by atoms with E-state index in [9.17, 15) is 0 Å². The van der Waals surface area contributed by atoms with E-state index in [-0.39, 0.29) is 0 Å². The highest BCUT2D eigenvalue weighted by Gasteiger charge is 2.01. The van der Waals surface area contributed by atoms with Gasteiger partial charge in [0.05, 0.1) is 0 Å². The molecule has 2 heteroatoms. The normalized spacial score (nSPS) is 10.5. The highest BCUT2D eigenvalue weighted by atomic mass is 14.9. The highest BCUT2D eigenvalue weighted by Crippen LogP contribution is 2.07. The molecule has 0 N–H and O–H groups in total. The summed E-state index contributed by atoms with van der Waals surface area (Å²) in [5, 5.41) is 0. The second kappa shape index (κ2) is 3.46. The molecule has 0 aliphatic rings. The van der Waals surface area contributed by atoms with E-state index in [2.05, 4.69) is 30.7 Å². The van der Waals surface area contributed by atoms with Gasteiger partial charge in [-0.1, -0.05) is 20.8 Å². The van der Waals surface area contributed by atoms with Crippen LogP contribution in [0.1, 0.15) is 38.2 Å². The van der Waals surface area contributed by atoms with Crippen molar-refractivity contribution < 1.29 is 0 Å². The lowest BCUT2D eigenvalue weighted by molar-refractivity contribution is 0.758. The monoisotopic (exact) mass is 150 g/mol. The maximum absolute atomic E-state index is 4.38. The van der Waals surface area contributed by atoms with Crippen LogP contribution in [0.3, 0.4) is 0 Å². The van der Waals surface area contributed by atoms with Gasteiger partial charge in [-0.3, -0.25) is 0 Å². The molecule has 2 nitrogen and oxygen atoms in total. The molecule has 1 aromatic heterocycles. The minimum absolute atomic E-state index is 0.432. The third kappa shape index (κ3) is 2.00. The fraction of sp³-hybridized carbons (Fsp3) is 0.556. The minimum Gasteiger partial charge on any atom is -0.241 e. The number of aryl methyl sites for hydroxylation is 1. The van der Waals surface area contributed by atoms with Crippen LogP contribution in [0.2, 0.25) is 0 Å². The van der Waals surface area contributed by atoms with Crippen molar-refractivity contribution in [2.75, 3.05) is 0 Å². The van der Waals surface area contributed by atoms with Crippen LogP contribution in [0, 0.1) is 0 Å². The predicted octanol–water partition coefficient (Wildman–Crippen LogP) is 2.16. The molecule has 0 aliphatic carbocycles. The molecule has 0 atom stereocenters. The molecule has 0 unspecified atom stereocenters. The van der Waals surface area contributed by atoms with Crippen molar-refractivity contribution >= 4 is 0 Å². The van der Waals surface area contributed by atoms with E-state index in [0.717, 1.165) is 17.9 Å². The van der Waals surface area contributed by atoms with Gasteiger partial charge in [0.25, 0.3) is 0 Å². The van der Waals surface area contributed by atoms with Crippen molar-refractivity contribution in [3.63, 3.8) is 0 Å². The van der Waals surface area contributed by atoms with E-state index in [1.54, 1.807) is 0 Å². The van der Waals surface area contributed by atoms with E-state index in [1.807, 2.05) is 12.3 Å². The fourth-order valence-electron chi connectivity index (χ4n) is 0.888. The lowest BCUT2D eigenvalue weighted by Crippen LogP contribution is -1.99. The van der Waals surface area contributed by atoms with Gasteiger partial charge in [0.1, 0.15) is 5.82 Å². The van der Waals surface area contributed by atoms with Crippen molar-refractivity contribution in [3.8, 4) is 0 Å². The Balaban J connectivity index is 2.91. The van der Waals surface area contributed by atoms with Gasteiger partial charge in [-0.05, 0) is 12.5 Å². The lowest BCUT2D eigenvalue weighted by Gasteiger charge is -2.03. The molecule has 60 valence electrons. The van der Waals surface area contributed by atoms with Crippen LogP contribution in [-0.2, 0) is 6.42 Å². The van der Waals surface area contributed by atoms with Crippen molar-refractivity contribution in [2.45, 2.75) is 33.1 Å². The van der Waals surface area contributed by atoms with Gasteiger partial charge < -0.3 is 0 Å². The van der Waals surface area contributed by atoms with E-state index in [1.165, 1.54) is 0 Å². The molecular formula is C9H14N2. The first-order valence-corrected chi connectivity index (χ1v) is 4.06. The maximum Gasteiger partial charge on any atom is 0.131 e. The maximum atomic E-state index is 4.38. The van der Waals surface area contributed by atoms with Gasteiger partial charge in [0.2, 0.25) is 0 Å². The summed E-state index contributed by atoms with van der Waals surface area (Å²) >= 11 is 0. The zero-order chi connectivity index (χ0) is 8.27. The lowest BCUT2D eigenvalue weighted by atomic mass is 10.2. The molecule has 0 aliphatic heterocycles. The summed E-state index contributed by atoms with van der Waals surface area (Å²) in [6.45, 7) is 6.32. The molecule has 1 aromatic rings. The van der Waals surface area contributed by atoms with Crippen molar-refractivity contribution in [2.24, 2.45) is 0 Å². The van der Waals surface area contributed by atoms with Gasteiger partial charge >= 0.3 is 0 Å². The van der Waals surface area contributed by atoms with Gasteiger partial charge in [-0.2, -0.15) is 0 Å². The van der Waals surface area contributed by atoms with Crippen molar-refractivity contribution in [1.29, 1.82) is 0 Å². The summed E-state index contributed by atoms with van der Waals surface area (Å²) in [6, 6.07) is 1.96. The highest BCUT2D eigenvalue weighted by molar-refractivity contribution is 5.03. The van der Waals surface area contributed by atoms with E-state index >= 15 is 0 Å². The summed E-state index contributed by atoms with van der Waals surface area (Å²) in [5.41, 5.74) is 1.13. The Morgan fingerprint density at radius 2 is 2.18 bits per heavy atom. The molecule has 0 bridgehead atoms. The molecule has 0 aromatic carbocycles. The average Bonchev–Trinajstić information content (AvgIpc) is 2.05. The van der Waals surface area contributed by atoms with Crippen LogP contribution in [0.5, 0.6) is 0 Å². The largest absolute Gasteiger partial charge is 0.241 e. The molecule has 0 spiro atoms. The number of rotatable bonds is 2. The van der Waals surface area contributed by atoms with Gasteiger partial charge in [0.15, 0.2) is 0 Å². The van der Waals surface area contributed by atoms with Gasteiger partial charge in [0, 0.05) is 17.8 Å². The van der Waals surface area contributed by atoms with Gasteiger partial charge in [-0.25, -0.2) is 9.97 Å². The second-order valence-corrected chi connectivity index (χ2v) is 2.91. The van der Waals surface area contributed by atoms with Crippen LogP contribution < -0.4 is 0 Å². The number of hydrogen-bond acceptors (Lipinski definition) is 2. The summed E-state index contributed by atoms with van der Waals surface area (Å²) in [5.74, 6) is 1.38. The predicted molar refractivity (Wildman–Crippen MR) is 45.5 cm³/mol. The van der Waals surface area contributed by atoms with E-state index < -0.39 is 0 Å². The first kappa shape index (κ1) is 8.18. The average molecular weight is 150 g/mol. The Morgan fingerprint density at radius 3 is 2.73 bits per heavy atom. The summed E-state index contributed by atoms with van der Waals surface area (Å²) in [7, 11) is 0. The van der Waals surface area contributed by atoms with E-state index in [0.29, 0.717) is 5.92 Å². The van der Waals surface area contributed by atoms with Crippen LogP contribution in [-0.4, -0.2) is 9.97 Å². The molecule has 1 rings (SSSR count). The number of nitrogens with zero attached hydrogens (tertiary/aromatic N) is 2. The number of aromatic nitrogens is 2. The standard InChI is InChI=1S/C9H14N2/c1-4-8-5-6-10-9(11-8)7(2)3/h5-7H,4H2,1-3H3. The Morgan fingerprint density at radius 1 is 1.45 bits per heavy atom. The molecule has 0 amide bonds. The minimum atomic E-state index is 0.432. The Hall–Kier alpha value is -0.920. The SMILES string of the molecule is CCc1ccnc(C(C)C)n1. The molecule has 11 heavy (non-hydrogen) atoms. The number of hydrogen-bond donors (Lipinski definition) is 0. The summed E-state index contributed by atoms with van der Waals surface area (Å²) in [6.07, 6.45) is 2.82. The zero-order valence-electron chi connectivity index (χ0n) is 7.33. The van der Waals surface area contributed by atoms with Crippen LogP contribution >= 0.6 is 0 Å². The first-order chi connectivity index (χ1) is 5.24. The summed E-state index contributed by atoms with van der Waals surface area (Å²) in [4.78, 5) is 8.56. The van der Waals surface area contributed by atoms with Gasteiger partial charge in [-0.15, -0.1) is 0 Å². The van der Waals surface area contributed by atoms with Crippen molar-refractivity contribution in [1.82, 2.24) is 9.97 Å². The van der Waals surface area contributed by atoms with Crippen LogP contribution in [0.25, 0.3) is 0 Å². The fourth-order valence-corrected chi connectivity index (χ4v) is 0.888. The molecular weight excluding hydrogens is 136 g/mol. The zero-order valence-corrected chi connectivity index (χ0v) is 7.33. The summed E-state index contributed by atoms with van der Waals surface area (Å²) < 4.78 is 0. The van der Waals surface area contributed by atoms with Crippen molar-refractivity contribution in [3.05, 3.63) is 23.8 Å². The van der Waals surface area contributed by atoms with Crippen LogP contribution in [0.4, 0.5) is 0 Å². The Bertz CT molecular complexity index is 231. The molecule has 0 radical (unpaired) electrons. The molecule has 1 heterocycles. The smallest absolute Gasteiger partial charge is 0.131 e. The third-order valence-electron chi connectivity index (χ3n) is 1.61. The topological polar surface area (TPSA) is 25.8 Å². The third-order valence-corrected chi connectivity index (χ3v) is 1.61. The second-order valence-electron chi connectivity index (χ2n) is 2.91. The molecule has 0 saturated heterocycles. The van der Waals surface area contributed by atoms with Crippen LogP contribution in [0.15, 0.2) is 12.3 Å². The van der Waals surface area contributed by atoms with E-state index in [4.69, 9.17) is 0 Å². The Labute approximate surface area is 67.7 Å². The molecule has 0 fully saturated rings. The first-order valence-electron chi connectivity index (χ1n) is 4.06. The molecule has 0 saturated carbocycles.